The van der Waals surface area contributed by atoms with Gasteiger partial charge in [0.15, 0.2) is 0 Å². The van der Waals surface area contributed by atoms with Crippen molar-refractivity contribution in [3.8, 4) is 0 Å². The number of hydrogen-bond donors (Lipinski definition) is 1. The summed E-state index contributed by atoms with van der Waals surface area (Å²) in [6.45, 7) is 3.49. The summed E-state index contributed by atoms with van der Waals surface area (Å²) in [4.78, 5) is 33.4. The third kappa shape index (κ3) is 4.39. The molecule has 0 aliphatic carbocycles. The lowest BCUT2D eigenvalue weighted by molar-refractivity contribution is -0.133. The number of nitrogens with zero attached hydrogens (tertiary/aromatic N) is 3. The third-order valence-electron chi connectivity index (χ3n) is 5.72. The molecule has 6 heteroatoms. The van der Waals surface area contributed by atoms with Crippen LogP contribution in [0, 0.1) is 5.92 Å². The SMILES string of the molecule is O=C(Nc1ccccn1)C1CCN(CC(=O)N2CCc3ccccc3C2)CC1. The zero-order chi connectivity index (χ0) is 19.3. The first kappa shape index (κ1) is 18.6. The Kier molecular flexibility index (Phi) is 5.67. The summed E-state index contributed by atoms with van der Waals surface area (Å²) in [6, 6.07) is 13.8. The van der Waals surface area contributed by atoms with Gasteiger partial charge in [-0.25, -0.2) is 4.98 Å². The first-order chi connectivity index (χ1) is 13.7. The minimum absolute atomic E-state index is 0.0183. The molecule has 6 nitrogen and oxygen atoms in total. The minimum atomic E-state index is -0.0183. The summed E-state index contributed by atoms with van der Waals surface area (Å²) < 4.78 is 0. The standard InChI is InChI=1S/C22H26N4O2/c27-21(26-14-10-17-5-1-2-6-19(17)15-26)16-25-12-8-18(9-13-25)22(28)24-20-7-3-4-11-23-20/h1-7,11,18H,8-10,12-16H2,(H,23,24,28). The van der Waals surface area contributed by atoms with E-state index in [0.29, 0.717) is 18.9 Å². The van der Waals surface area contributed by atoms with Crippen molar-refractivity contribution in [1.82, 2.24) is 14.8 Å². The monoisotopic (exact) mass is 378 g/mol. The number of anilines is 1. The molecular weight excluding hydrogens is 352 g/mol. The van der Waals surface area contributed by atoms with Crippen molar-refractivity contribution < 1.29 is 9.59 Å². The second kappa shape index (κ2) is 8.52. The Hall–Kier alpha value is -2.73. The summed E-state index contributed by atoms with van der Waals surface area (Å²) in [5.74, 6) is 0.786. The van der Waals surface area contributed by atoms with Crippen molar-refractivity contribution in [3.05, 3.63) is 59.8 Å². The molecule has 0 spiro atoms. The molecule has 3 heterocycles. The molecule has 2 aromatic rings. The van der Waals surface area contributed by atoms with E-state index < -0.39 is 0 Å². The quantitative estimate of drug-likeness (QED) is 0.887. The topological polar surface area (TPSA) is 65.5 Å². The van der Waals surface area contributed by atoms with Gasteiger partial charge in [0.1, 0.15) is 5.82 Å². The van der Waals surface area contributed by atoms with Crippen LogP contribution in [0.1, 0.15) is 24.0 Å². The van der Waals surface area contributed by atoms with Crippen LogP contribution < -0.4 is 5.32 Å². The zero-order valence-electron chi connectivity index (χ0n) is 16.0. The fourth-order valence-electron chi connectivity index (χ4n) is 4.02. The average molecular weight is 378 g/mol. The maximum absolute atomic E-state index is 12.7. The van der Waals surface area contributed by atoms with Crippen molar-refractivity contribution in [2.75, 3.05) is 31.5 Å². The molecule has 0 saturated carbocycles. The summed E-state index contributed by atoms with van der Waals surface area (Å²) in [5, 5.41) is 2.88. The van der Waals surface area contributed by atoms with E-state index in [0.717, 1.165) is 38.9 Å². The van der Waals surface area contributed by atoms with Gasteiger partial charge in [0, 0.05) is 25.2 Å². The second-order valence-electron chi connectivity index (χ2n) is 7.59. The van der Waals surface area contributed by atoms with Crippen molar-refractivity contribution >= 4 is 17.6 Å². The Labute approximate surface area is 165 Å². The van der Waals surface area contributed by atoms with Gasteiger partial charge in [0.2, 0.25) is 11.8 Å². The Morgan fingerprint density at radius 3 is 2.50 bits per heavy atom. The molecule has 0 unspecified atom stereocenters. The van der Waals surface area contributed by atoms with Crippen LogP contribution in [0.25, 0.3) is 0 Å². The predicted octanol–water partition coefficient (Wildman–Crippen LogP) is 2.32. The van der Waals surface area contributed by atoms with Crippen molar-refractivity contribution in [2.45, 2.75) is 25.8 Å². The third-order valence-corrected chi connectivity index (χ3v) is 5.72. The lowest BCUT2D eigenvalue weighted by atomic mass is 9.95. The van der Waals surface area contributed by atoms with Crippen LogP contribution in [0.2, 0.25) is 0 Å². The highest BCUT2D eigenvalue weighted by atomic mass is 16.2. The highest BCUT2D eigenvalue weighted by Gasteiger charge is 2.28. The van der Waals surface area contributed by atoms with Crippen LogP contribution in [-0.4, -0.2) is 52.8 Å². The maximum atomic E-state index is 12.7. The number of aromatic nitrogens is 1. The van der Waals surface area contributed by atoms with E-state index in [1.165, 1.54) is 11.1 Å². The van der Waals surface area contributed by atoms with E-state index >= 15 is 0 Å². The molecule has 2 aliphatic rings. The molecule has 1 aromatic carbocycles. The first-order valence-electron chi connectivity index (χ1n) is 9.98. The van der Waals surface area contributed by atoms with Crippen LogP contribution in [0.5, 0.6) is 0 Å². The van der Waals surface area contributed by atoms with Crippen molar-refractivity contribution in [3.63, 3.8) is 0 Å². The molecule has 146 valence electrons. The maximum Gasteiger partial charge on any atom is 0.237 e. The van der Waals surface area contributed by atoms with Crippen LogP contribution in [0.15, 0.2) is 48.7 Å². The number of fused-ring (bicyclic) bond motifs is 1. The van der Waals surface area contributed by atoms with Gasteiger partial charge in [0.05, 0.1) is 6.54 Å². The van der Waals surface area contributed by atoms with E-state index in [-0.39, 0.29) is 17.7 Å². The lowest BCUT2D eigenvalue weighted by Crippen LogP contribution is -2.46. The Balaban J connectivity index is 1.24. The second-order valence-corrected chi connectivity index (χ2v) is 7.59. The number of carbonyl (C=O) groups is 2. The summed E-state index contributed by atoms with van der Waals surface area (Å²) in [7, 11) is 0. The average Bonchev–Trinajstić information content (AvgIpc) is 2.74. The molecule has 4 rings (SSSR count). The van der Waals surface area contributed by atoms with E-state index in [1.54, 1.807) is 12.3 Å². The molecule has 1 N–H and O–H groups in total. The van der Waals surface area contributed by atoms with Gasteiger partial charge in [0.25, 0.3) is 0 Å². The van der Waals surface area contributed by atoms with Crippen LogP contribution >= 0.6 is 0 Å². The molecule has 1 saturated heterocycles. The first-order valence-corrected chi connectivity index (χ1v) is 9.98. The largest absolute Gasteiger partial charge is 0.337 e. The van der Waals surface area contributed by atoms with Gasteiger partial charge in [-0.15, -0.1) is 0 Å². The van der Waals surface area contributed by atoms with Crippen LogP contribution in [0.4, 0.5) is 5.82 Å². The lowest BCUT2D eigenvalue weighted by Gasteiger charge is -2.34. The van der Waals surface area contributed by atoms with E-state index in [2.05, 4.69) is 33.4 Å². The van der Waals surface area contributed by atoms with Gasteiger partial charge >= 0.3 is 0 Å². The fraction of sp³-hybridized carbons (Fsp3) is 0.409. The number of likely N-dealkylation sites (tertiary alicyclic amines) is 1. The molecule has 0 bridgehead atoms. The Morgan fingerprint density at radius 2 is 1.75 bits per heavy atom. The predicted molar refractivity (Wildman–Crippen MR) is 108 cm³/mol. The number of nitrogens with one attached hydrogen (secondary N) is 1. The molecule has 0 atom stereocenters. The molecule has 1 aromatic heterocycles. The van der Waals surface area contributed by atoms with Crippen LogP contribution in [-0.2, 0) is 22.6 Å². The molecular formula is C22H26N4O2. The minimum Gasteiger partial charge on any atom is -0.337 e. The molecule has 2 amide bonds. The number of amides is 2. The number of hydrogen-bond acceptors (Lipinski definition) is 4. The van der Waals surface area contributed by atoms with Gasteiger partial charge in [-0.1, -0.05) is 30.3 Å². The zero-order valence-corrected chi connectivity index (χ0v) is 16.0. The summed E-state index contributed by atoms with van der Waals surface area (Å²) in [6.07, 6.45) is 4.14. The summed E-state index contributed by atoms with van der Waals surface area (Å²) >= 11 is 0. The van der Waals surface area contributed by atoms with E-state index in [1.807, 2.05) is 23.1 Å². The van der Waals surface area contributed by atoms with Crippen molar-refractivity contribution in [2.24, 2.45) is 5.92 Å². The number of piperidine rings is 1. The molecule has 2 aliphatic heterocycles. The molecule has 28 heavy (non-hydrogen) atoms. The molecule has 0 radical (unpaired) electrons. The molecule has 1 fully saturated rings. The van der Waals surface area contributed by atoms with Gasteiger partial charge < -0.3 is 10.2 Å². The van der Waals surface area contributed by atoms with Gasteiger partial charge in [-0.3, -0.25) is 14.5 Å². The number of carbonyl (C=O) groups excluding carboxylic acids is 2. The van der Waals surface area contributed by atoms with Gasteiger partial charge in [-0.2, -0.15) is 0 Å². The Morgan fingerprint density at radius 1 is 1.00 bits per heavy atom. The van der Waals surface area contributed by atoms with E-state index in [4.69, 9.17) is 0 Å². The summed E-state index contributed by atoms with van der Waals surface area (Å²) in [5.41, 5.74) is 2.61. The van der Waals surface area contributed by atoms with Crippen LogP contribution in [0.3, 0.4) is 0 Å². The van der Waals surface area contributed by atoms with Crippen molar-refractivity contribution in [1.29, 1.82) is 0 Å². The fourth-order valence-corrected chi connectivity index (χ4v) is 4.02. The highest BCUT2D eigenvalue weighted by molar-refractivity contribution is 5.91. The Bertz CT molecular complexity index is 831. The number of rotatable bonds is 4. The van der Waals surface area contributed by atoms with Gasteiger partial charge in [-0.05, 0) is 55.6 Å². The highest BCUT2D eigenvalue weighted by Crippen LogP contribution is 2.21. The number of benzene rings is 1. The smallest absolute Gasteiger partial charge is 0.237 e. The number of pyridine rings is 1. The van der Waals surface area contributed by atoms with E-state index in [9.17, 15) is 9.59 Å². The normalized spacial score (nSPS) is 17.8.